The van der Waals surface area contributed by atoms with Crippen molar-refractivity contribution in [2.24, 2.45) is 5.92 Å². The summed E-state index contributed by atoms with van der Waals surface area (Å²) >= 11 is 7.49. The quantitative estimate of drug-likeness (QED) is 0.726. The standard InChI is InChI=1S/C8H12ClN3S/c1-12(8-11-10-5-13-8)4-6-2-7(9)3-6/h5-7H,2-4H2,1H3. The Bertz CT molecular complexity index is 258. The van der Waals surface area contributed by atoms with Crippen LogP contribution in [0.1, 0.15) is 12.8 Å². The fourth-order valence-electron chi connectivity index (χ4n) is 1.60. The number of aromatic nitrogens is 2. The second kappa shape index (κ2) is 3.80. The van der Waals surface area contributed by atoms with Crippen LogP contribution in [0, 0.1) is 5.92 Å². The molecule has 5 heteroatoms. The van der Waals surface area contributed by atoms with Gasteiger partial charge < -0.3 is 4.90 Å². The molecule has 2 rings (SSSR count). The molecule has 0 radical (unpaired) electrons. The molecule has 0 unspecified atom stereocenters. The molecule has 0 amide bonds. The van der Waals surface area contributed by atoms with Gasteiger partial charge in [-0.15, -0.1) is 21.8 Å². The van der Waals surface area contributed by atoms with Crippen molar-refractivity contribution >= 4 is 28.1 Å². The van der Waals surface area contributed by atoms with E-state index in [-0.39, 0.29) is 0 Å². The third-order valence-electron chi connectivity index (χ3n) is 2.39. The summed E-state index contributed by atoms with van der Waals surface area (Å²) in [7, 11) is 2.06. The predicted molar refractivity (Wildman–Crippen MR) is 55.5 cm³/mol. The van der Waals surface area contributed by atoms with Gasteiger partial charge in [0.1, 0.15) is 5.51 Å². The maximum Gasteiger partial charge on any atom is 0.207 e. The Morgan fingerprint density at radius 2 is 2.46 bits per heavy atom. The third-order valence-corrected chi connectivity index (χ3v) is 3.55. The minimum absolute atomic E-state index is 0.410. The molecule has 1 aromatic heterocycles. The molecule has 0 aromatic carbocycles. The van der Waals surface area contributed by atoms with Crippen LogP contribution in [-0.2, 0) is 0 Å². The average molecular weight is 218 g/mol. The normalized spacial score (nSPS) is 26.9. The van der Waals surface area contributed by atoms with Crippen molar-refractivity contribution in [1.29, 1.82) is 0 Å². The van der Waals surface area contributed by atoms with Crippen LogP contribution in [0.15, 0.2) is 5.51 Å². The van der Waals surface area contributed by atoms with E-state index >= 15 is 0 Å². The number of hydrogen-bond donors (Lipinski definition) is 0. The molecule has 1 aliphatic rings. The summed E-state index contributed by atoms with van der Waals surface area (Å²) in [6, 6.07) is 0. The maximum atomic E-state index is 5.91. The summed E-state index contributed by atoms with van der Waals surface area (Å²) in [5.41, 5.74) is 1.76. The molecule has 0 atom stereocenters. The molecular weight excluding hydrogens is 206 g/mol. The van der Waals surface area contributed by atoms with Gasteiger partial charge in [0.15, 0.2) is 0 Å². The van der Waals surface area contributed by atoms with Gasteiger partial charge in [0.2, 0.25) is 5.13 Å². The Kier molecular flexibility index (Phi) is 2.69. The van der Waals surface area contributed by atoms with Crippen molar-refractivity contribution in [1.82, 2.24) is 10.2 Å². The van der Waals surface area contributed by atoms with Crippen LogP contribution in [0.5, 0.6) is 0 Å². The number of hydrogen-bond acceptors (Lipinski definition) is 4. The van der Waals surface area contributed by atoms with Crippen molar-refractivity contribution in [3.8, 4) is 0 Å². The Morgan fingerprint density at radius 1 is 1.69 bits per heavy atom. The molecule has 0 spiro atoms. The molecule has 3 nitrogen and oxygen atoms in total. The van der Waals surface area contributed by atoms with Crippen molar-refractivity contribution in [2.75, 3.05) is 18.5 Å². The van der Waals surface area contributed by atoms with Crippen LogP contribution < -0.4 is 4.90 Å². The second-order valence-electron chi connectivity index (χ2n) is 3.54. The van der Waals surface area contributed by atoms with E-state index in [1.165, 1.54) is 0 Å². The number of nitrogens with zero attached hydrogens (tertiary/aromatic N) is 3. The number of rotatable bonds is 3. The van der Waals surface area contributed by atoms with Crippen molar-refractivity contribution in [2.45, 2.75) is 18.2 Å². The average Bonchev–Trinajstić information content (AvgIpc) is 2.53. The van der Waals surface area contributed by atoms with E-state index in [0.29, 0.717) is 5.38 Å². The molecule has 1 fully saturated rings. The molecule has 13 heavy (non-hydrogen) atoms. The van der Waals surface area contributed by atoms with E-state index in [9.17, 15) is 0 Å². The monoisotopic (exact) mass is 217 g/mol. The molecule has 1 saturated carbocycles. The minimum atomic E-state index is 0.410. The van der Waals surface area contributed by atoms with Crippen LogP contribution in [0.2, 0.25) is 0 Å². The lowest BCUT2D eigenvalue weighted by atomic mass is 9.84. The maximum absolute atomic E-state index is 5.91. The number of anilines is 1. The van der Waals surface area contributed by atoms with Crippen LogP contribution in [0.25, 0.3) is 0 Å². The smallest absolute Gasteiger partial charge is 0.207 e. The van der Waals surface area contributed by atoms with Crippen molar-refractivity contribution in [3.63, 3.8) is 0 Å². The summed E-state index contributed by atoms with van der Waals surface area (Å²) in [5.74, 6) is 0.747. The third kappa shape index (κ3) is 2.11. The zero-order valence-electron chi connectivity index (χ0n) is 7.48. The lowest BCUT2D eigenvalue weighted by Gasteiger charge is -2.33. The molecule has 0 aliphatic heterocycles. The molecule has 1 aromatic rings. The lowest BCUT2D eigenvalue weighted by Crippen LogP contribution is -2.34. The Labute approximate surface area is 86.7 Å². The Balaban J connectivity index is 1.82. The van der Waals surface area contributed by atoms with Crippen molar-refractivity contribution < 1.29 is 0 Å². The highest BCUT2D eigenvalue weighted by Crippen LogP contribution is 2.33. The van der Waals surface area contributed by atoms with Gasteiger partial charge in [-0.3, -0.25) is 0 Å². The highest BCUT2D eigenvalue weighted by atomic mass is 35.5. The molecule has 72 valence electrons. The first-order valence-corrected chi connectivity index (χ1v) is 5.68. The van der Waals surface area contributed by atoms with E-state index in [0.717, 1.165) is 30.4 Å². The summed E-state index contributed by atoms with van der Waals surface area (Å²) < 4.78 is 0. The molecule has 0 bridgehead atoms. The molecule has 0 saturated heterocycles. The first-order chi connectivity index (χ1) is 6.25. The molecule has 1 aliphatic carbocycles. The summed E-state index contributed by atoms with van der Waals surface area (Å²) in [6.45, 7) is 1.05. The molecular formula is C8H12ClN3S. The van der Waals surface area contributed by atoms with Crippen LogP contribution in [0.3, 0.4) is 0 Å². The van der Waals surface area contributed by atoms with Gasteiger partial charge in [0.05, 0.1) is 0 Å². The largest absolute Gasteiger partial charge is 0.349 e. The number of alkyl halides is 1. The summed E-state index contributed by atoms with van der Waals surface area (Å²) in [5, 5.41) is 9.23. The fourth-order valence-corrected chi connectivity index (χ4v) is 2.64. The Morgan fingerprint density at radius 3 is 3.00 bits per heavy atom. The highest BCUT2D eigenvalue weighted by molar-refractivity contribution is 7.13. The topological polar surface area (TPSA) is 29.0 Å². The molecule has 0 N–H and O–H groups in total. The van der Waals surface area contributed by atoms with Crippen molar-refractivity contribution in [3.05, 3.63) is 5.51 Å². The van der Waals surface area contributed by atoms with E-state index in [4.69, 9.17) is 11.6 Å². The summed E-state index contributed by atoms with van der Waals surface area (Å²) in [6.07, 6.45) is 2.29. The SMILES string of the molecule is CN(CC1CC(Cl)C1)c1nncs1. The van der Waals surface area contributed by atoms with Crippen LogP contribution in [-0.4, -0.2) is 29.2 Å². The van der Waals surface area contributed by atoms with Crippen LogP contribution in [0.4, 0.5) is 5.13 Å². The first kappa shape index (κ1) is 9.21. The second-order valence-corrected chi connectivity index (χ2v) is 4.97. The van der Waals surface area contributed by atoms with Crippen LogP contribution >= 0.6 is 22.9 Å². The van der Waals surface area contributed by atoms with E-state index in [2.05, 4.69) is 22.1 Å². The van der Waals surface area contributed by atoms with Gasteiger partial charge in [-0.2, -0.15) is 0 Å². The van der Waals surface area contributed by atoms with Gasteiger partial charge in [-0.1, -0.05) is 11.3 Å². The van der Waals surface area contributed by atoms with E-state index in [1.807, 2.05) is 0 Å². The first-order valence-electron chi connectivity index (χ1n) is 4.37. The predicted octanol–water partition coefficient (Wildman–Crippen LogP) is 1.99. The molecule has 1 heterocycles. The lowest BCUT2D eigenvalue weighted by molar-refractivity contribution is 0.329. The van der Waals surface area contributed by atoms with Gasteiger partial charge in [-0.05, 0) is 18.8 Å². The van der Waals surface area contributed by atoms with Gasteiger partial charge in [0.25, 0.3) is 0 Å². The number of halogens is 1. The van der Waals surface area contributed by atoms with E-state index < -0.39 is 0 Å². The van der Waals surface area contributed by atoms with E-state index in [1.54, 1.807) is 16.8 Å². The van der Waals surface area contributed by atoms with Gasteiger partial charge >= 0.3 is 0 Å². The van der Waals surface area contributed by atoms with Gasteiger partial charge in [0, 0.05) is 19.0 Å². The zero-order valence-corrected chi connectivity index (χ0v) is 9.05. The summed E-state index contributed by atoms with van der Waals surface area (Å²) in [4.78, 5) is 2.16. The minimum Gasteiger partial charge on any atom is -0.349 e. The fraction of sp³-hybridized carbons (Fsp3) is 0.750. The zero-order chi connectivity index (χ0) is 9.26. The highest BCUT2D eigenvalue weighted by Gasteiger charge is 2.28. The Hall–Kier alpha value is -0.350. The van der Waals surface area contributed by atoms with Gasteiger partial charge in [-0.25, -0.2) is 0 Å².